The van der Waals surface area contributed by atoms with E-state index >= 15 is 0 Å². The normalized spacial score (nSPS) is 19.3. The lowest BCUT2D eigenvalue weighted by molar-refractivity contribution is -0.143. The Kier molecular flexibility index (Phi) is 7.34. The van der Waals surface area contributed by atoms with Crippen molar-refractivity contribution in [2.45, 2.75) is 50.1 Å². The molecule has 2 atom stereocenters. The van der Waals surface area contributed by atoms with Gasteiger partial charge in [-0.3, -0.25) is 4.90 Å². The molecule has 3 aromatic rings. The van der Waals surface area contributed by atoms with E-state index in [9.17, 15) is 41.4 Å². The van der Waals surface area contributed by atoms with Crippen LogP contribution >= 0.6 is 0 Å². The van der Waals surface area contributed by atoms with Crippen LogP contribution in [0.25, 0.3) is 0 Å². The number of aromatic hydroxyl groups is 1. The third-order valence-electron chi connectivity index (χ3n) is 6.85. The number of nitrogens with zero attached hydrogens (tertiary/aromatic N) is 3. The van der Waals surface area contributed by atoms with E-state index in [-0.39, 0.29) is 41.7 Å². The van der Waals surface area contributed by atoms with Crippen molar-refractivity contribution in [1.29, 1.82) is 0 Å². The molecule has 0 saturated carbocycles. The molecule has 2 heterocycles. The maximum Gasteiger partial charge on any atom is 0.416 e. The lowest BCUT2D eigenvalue weighted by Crippen LogP contribution is -2.61. The number of rotatable bonds is 5. The first-order valence-corrected chi connectivity index (χ1v) is 11.9. The molecular formula is C26H24F6N4O4. The topological polar surface area (TPSA) is 122 Å². The minimum Gasteiger partial charge on any atom is -0.504 e. The SMILES string of the molecule is CC[C@]1(N)C[C@H](c2ncc(O)c(Cc3cc(C(F)(F)F)cc(C(F)(F)F)c3)n2)c2cc(OC)ccc2N1C(=O)O. The maximum absolute atomic E-state index is 13.3. The standard InChI is InChI=1S/C26H24F6N4O4/c1-3-24(33)11-18(17-10-16(40-2)4-5-20(17)36(24)23(38)39)22-34-12-21(37)19(35-22)8-13-6-14(25(27,28)29)9-15(7-13)26(30,31)32/h4-7,9-10,12,18,37H,3,8,11,33H2,1-2H3,(H,38,39)/t18-,24+/m0/s1. The van der Waals surface area contributed by atoms with Crippen molar-refractivity contribution in [2.75, 3.05) is 12.0 Å². The highest BCUT2D eigenvalue weighted by molar-refractivity contribution is 5.90. The first-order valence-electron chi connectivity index (χ1n) is 11.9. The molecule has 0 unspecified atom stereocenters. The van der Waals surface area contributed by atoms with Gasteiger partial charge in [0.05, 0.1) is 35.8 Å². The lowest BCUT2D eigenvalue weighted by atomic mass is 9.80. The molecule has 0 aliphatic carbocycles. The minimum absolute atomic E-state index is 0.0119. The molecule has 40 heavy (non-hydrogen) atoms. The van der Waals surface area contributed by atoms with E-state index in [1.54, 1.807) is 19.1 Å². The molecule has 2 aromatic carbocycles. The van der Waals surface area contributed by atoms with Crippen molar-refractivity contribution in [3.63, 3.8) is 0 Å². The number of amides is 1. The number of carbonyl (C=O) groups is 1. The Morgan fingerprint density at radius 1 is 1.12 bits per heavy atom. The number of hydrogen-bond acceptors (Lipinski definition) is 6. The molecule has 1 amide bonds. The van der Waals surface area contributed by atoms with Crippen LogP contribution in [0, 0.1) is 0 Å². The van der Waals surface area contributed by atoms with Crippen LogP contribution in [-0.2, 0) is 18.8 Å². The van der Waals surface area contributed by atoms with Crippen molar-refractivity contribution in [3.05, 3.63) is 76.4 Å². The number of aromatic nitrogens is 2. The van der Waals surface area contributed by atoms with Crippen LogP contribution in [0.4, 0.5) is 36.8 Å². The Morgan fingerprint density at radius 2 is 1.75 bits per heavy atom. The summed E-state index contributed by atoms with van der Waals surface area (Å²) in [6, 6.07) is 5.76. The first kappa shape index (κ1) is 28.9. The van der Waals surface area contributed by atoms with Gasteiger partial charge in [0.25, 0.3) is 0 Å². The van der Waals surface area contributed by atoms with Crippen LogP contribution in [0.15, 0.2) is 42.6 Å². The molecule has 0 radical (unpaired) electrons. The molecule has 0 fully saturated rings. The summed E-state index contributed by atoms with van der Waals surface area (Å²) in [4.78, 5) is 21.7. The predicted octanol–water partition coefficient (Wildman–Crippen LogP) is 5.90. The zero-order chi connectivity index (χ0) is 29.6. The van der Waals surface area contributed by atoms with Crippen molar-refractivity contribution in [3.8, 4) is 11.5 Å². The largest absolute Gasteiger partial charge is 0.504 e. The number of carboxylic acid groups (broad SMARTS) is 1. The van der Waals surface area contributed by atoms with Gasteiger partial charge in [-0.1, -0.05) is 6.92 Å². The summed E-state index contributed by atoms with van der Waals surface area (Å²) in [6.45, 7) is 1.69. The van der Waals surface area contributed by atoms with Gasteiger partial charge in [0.2, 0.25) is 0 Å². The summed E-state index contributed by atoms with van der Waals surface area (Å²) >= 11 is 0. The zero-order valence-electron chi connectivity index (χ0n) is 21.1. The number of hydrogen-bond donors (Lipinski definition) is 3. The molecule has 14 heteroatoms. The van der Waals surface area contributed by atoms with Gasteiger partial charge in [-0.15, -0.1) is 0 Å². The third kappa shape index (κ3) is 5.48. The fourth-order valence-electron chi connectivity index (χ4n) is 4.80. The van der Waals surface area contributed by atoms with E-state index in [1.807, 2.05) is 0 Å². The number of benzene rings is 2. The van der Waals surface area contributed by atoms with Crippen LogP contribution in [0.3, 0.4) is 0 Å². The highest BCUT2D eigenvalue weighted by atomic mass is 19.4. The summed E-state index contributed by atoms with van der Waals surface area (Å²) in [5.74, 6) is -0.869. The van der Waals surface area contributed by atoms with Crippen molar-refractivity contribution in [1.82, 2.24) is 9.97 Å². The van der Waals surface area contributed by atoms with Crippen LogP contribution in [0.2, 0.25) is 0 Å². The Labute approximate surface area is 224 Å². The Balaban J connectivity index is 1.83. The summed E-state index contributed by atoms with van der Waals surface area (Å²) in [6.07, 6.45) is -10.8. The molecule has 4 rings (SSSR count). The van der Waals surface area contributed by atoms with E-state index in [4.69, 9.17) is 10.5 Å². The maximum atomic E-state index is 13.3. The van der Waals surface area contributed by atoms with Gasteiger partial charge in [0, 0.05) is 12.3 Å². The molecular weight excluding hydrogens is 546 g/mol. The van der Waals surface area contributed by atoms with E-state index in [2.05, 4.69) is 9.97 Å². The van der Waals surface area contributed by atoms with Gasteiger partial charge in [-0.05, 0) is 60.4 Å². The van der Waals surface area contributed by atoms with Crippen LogP contribution < -0.4 is 15.4 Å². The molecule has 0 bridgehead atoms. The Bertz CT molecular complexity index is 1410. The number of nitrogens with two attached hydrogens (primary N) is 1. The molecule has 0 saturated heterocycles. The Hall–Kier alpha value is -4.07. The second kappa shape index (κ2) is 10.2. The molecule has 1 aromatic heterocycles. The van der Waals surface area contributed by atoms with Gasteiger partial charge in [-0.2, -0.15) is 26.3 Å². The van der Waals surface area contributed by atoms with Gasteiger partial charge < -0.3 is 20.7 Å². The highest BCUT2D eigenvalue weighted by Gasteiger charge is 2.46. The van der Waals surface area contributed by atoms with Crippen molar-refractivity contribution >= 4 is 11.8 Å². The van der Waals surface area contributed by atoms with E-state index in [1.165, 1.54) is 13.2 Å². The van der Waals surface area contributed by atoms with Gasteiger partial charge in [-0.25, -0.2) is 14.8 Å². The lowest BCUT2D eigenvalue weighted by Gasteiger charge is -2.46. The molecule has 1 aliphatic heterocycles. The predicted molar refractivity (Wildman–Crippen MR) is 130 cm³/mol. The summed E-state index contributed by atoms with van der Waals surface area (Å²) in [7, 11) is 1.41. The molecule has 4 N–H and O–H groups in total. The van der Waals surface area contributed by atoms with Crippen molar-refractivity contribution in [2.24, 2.45) is 5.73 Å². The molecule has 1 aliphatic rings. The summed E-state index contributed by atoms with van der Waals surface area (Å²) in [5.41, 5.74) is 2.18. The number of anilines is 1. The van der Waals surface area contributed by atoms with Crippen LogP contribution in [-0.4, -0.2) is 39.0 Å². The number of alkyl halides is 6. The van der Waals surface area contributed by atoms with Gasteiger partial charge in [0.1, 0.15) is 17.2 Å². The number of fused-ring (bicyclic) bond motifs is 1. The third-order valence-corrected chi connectivity index (χ3v) is 6.85. The summed E-state index contributed by atoms with van der Waals surface area (Å²) < 4.78 is 85.4. The average Bonchev–Trinajstić information content (AvgIpc) is 2.87. The average molecular weight is 570 g/mol. The van der Waals surface area contributed by atoms with E-state index in [0.717, 1.165) is 11.1 Å². The van der Waals surface area contributed by atoms with Gasteiger partial charge in [0.15, 0.2) is 5.75 Å². The van der Waals surface area contributed by atoms with Gasteiger partial charge >= 0.3 is 18.4 Å². The number of ether oxygens (including phenoxy) is 1. The van der Waals surface area contributed by atoms with E-state index in [0.29, 0.717) is 23.4 Å². The number of methoxy groups -OCH3 is 1. The fourth-order valence-corrected chi connectivity index (χ4v) is 4.80. The Morgan fingerprint density at radius 3 is 2.27 bits per heavy atom. The number of halogens is 6. The first-order chi connectivity index (χ1) is 18.6. The van der Waals surface area contributed by atoms with E-state index < -0.39 is 53.3 Å². The quantitative estimate of drug-likeness (QED) is 0.327. The second-order valence-electron chi connectivity index (χ2n) is 9.41. The summed E-state index contributed by atoms with van der Waals surface area (Å²) in [5, 5.41) is 20.3. The fraction of sp³-hybridized carbons (Fsp3) is 0.346. The monoisotopic (exact) mass is 570 g/mol. The molecule has 8 nitrogen and oxygen atoms in total. The molecule has 0 spiro atoms. The van der Waals surface area contributed by atoms with Crippen LogP contribution in [0.5, 0.6) is 11.5 Å². The second-order valence-corrected chi connectivity index (χ2v) is 9.41. The zero-order valence-corrected chi connectivity index (χ0v) is 21.1. The minimum atomic E-state index is -5.04. The smallest absolute Gasteiger partial charge is 0.416 e. The van der Waals surface area contributed by atoms with Crippen LogP contribution in [0.1, 0.15) is 59.5 Å². The van der Waals surface area contributed by atoms with Crippen molar-refractivity contribution < 1.29 is 46.1 Å². The highest BCUT2D eigenvalue weighted by Crippen LogP contribution is 2.46. The molecule has 214 valence electrons.